The monoisotopic (exact) mass is 247 g/mol. The molecule has 0 aromatic heterocycles. The molecule has 0 aliphatic carbocycles. The molecular weight excluding hydrogens is 230 g/mol. The number of hydrogen-bond donors (Lipinski definition) is 1. The van der Waals surface area contributed by atoms with Crippen LogP contribution >= 0.6 is 0 Å². The molecule has 1 aliphatic rings. The van der Waals surface area contributed by atoms with E-state index in [1.54, 1.807) is 0 Å². The lowest BCUT2D eigenvalue weighted by Crippen LogP contribution is -2.40. The Bertz CT molecular complexity index is 416. The summed E-state index contributed by atoms with van der Waals surface area (Å²) in [5.74, 6) is -0.400. The molecule has 0 unspecified atom stereocenters. The first kappa shape index (κ1) is 12.6. The van der Waals surface area contributed by atoms with Gasteiger partial charge in [0.15, 0.2) is 0 Å². The fourth-order valence-corrected chi connectivity index (χ4v) is 1.98. The van der Waals surface area contributed by atoms with Gasteiger partial charge in [0.25, 0.3) is 0 Å². The number of ether oxygens (including phenoxy) is 1. The van der Waals surface area contributed by atoms with Gasteiger partial charge in [0.2, 0.25) is 5.91 Å². The Hall–Kier alpha value is -1.84. The lowest BCUT2D eigenvalue weighted by atomic mass is 10.1. The predicted octanol–water partition coefficient (Wildman–Crippen LogP) is 1.79. The predicted molar refractivity (Wildman–Crippen MR) is 66.6 cm³/mol. The molecule has 1 N–H and O–H groups in total. The SMILES string of the molecule is O=C1CCCC[C@@H](C(=O)OCc2ccccc2)N1. The summed E-state index contributed by atoms with van der Waals surface area (Å²) in [6, 6.07) is 9.03. The second-order valence-corrected chi connectivity index (χ2v) is 4.46. The standard InChI is InChI=1S/C14H17NO3/c16-13-9-5-4-8-12(15-13)14(17)18-10-11-6-2-1-3-7-11/h1-3,6-7,12H,4-5,8-10H2,(H,15,16)/t12-/m0/s1. The number of carbonyl (C=O) groups is 2. The van der Waals surface area contributed by atoms with Gasteiger partial charge in [-0.25, -0.2) is 4.79 Å². The van der Waals surface area contributed by atoms with Crippen molar-refractivity contribution in [1.29, 1.82) is 0 Å². The molecule has 1 saturated heterocycles. The number of carbonyl (C=O) groups excluding carboxylic acids is 2. The highest BCUT2D eigenvalue weighted by molar-refractivity contribution is 5.84. The molecule has 2 rings (SSSR count). The summed E-state index contributed by atoms with van der Waals surface area (Å²) in [6.07, 6.45) is 2.89. The van der Waals surface area contributed by atoms with Crippen molar-refractivity contribution in [2.75, 3.05) is 0 Å². The van der Waals surface area contributed by atoms with Crippen LogP contribution in [0.4, 0.5) is 0 Å². The van der Waals surface area contributed by atoms with E-state index < -0.39 is 6.04 Å². The van der Waals surface area contributed by atoms with Gasteiger partial charge in [-0.2, -0.15) is 0 Å². The van der Waals surface area contributed by atoms with Crippen LogP contribution in [0.2, 0.25) is 0 Å². The largest absolute Gasteiger partial charge is 0.459 e. The fourth-order valence-electron chi connectivity index (χ4n) is 1.98. The quantitative estimate of drug-likeness (QED) is 0.828. The average molecular weight is 247 g/mol. The third-order valence-corrected chi connectivity index (χ3v) is 2.99. The minimum absolute atomic E-state index is 0.0610. The van der Waals surface area contributed by atoms with Crippen molar-refractivity contribution in [2.24, 2.45) is 0 Å². The van der Waals surface area contributed by atoms with Gasteiger partial charge < -0.3 is 10.1 Å². The molecular formula is C14H17NO3. The molecule has 1 aliphatic heterocycles. The molecule has 18 heavy (non-hydrogen) atoms. The summed E-state index contributed by atoms with van der Waals surface area (Å²) in [7, 11) is 0. The van der Waals surface area contributed by atoms with Gasteiger partial charge in [0, 0.05) is 6.42 Å². The normalized spacial score (nSPS) is 19.8. The second kappa shape index (κ2) is 6.19. The summed E-state index contributed by atoms with van der Waals surface area (Å²) in [6.45, 7) is 0.256. The van der Waals surface area contributed by atoms with Crippen molar-refractivity contribution in [1.82, 2.24) is 5.32 Å². The van der Waals surface area contributed by atoms with Crippen LogP contribution in [-0.2, 0) is 20.9 Å². The zero-order chi connectivity index (χ0) is 12.8. The number of amides is 1. The number of hydrogen-bond acceptors (Lipinski definition) is 3. The Morgan fingerprint density at radius 2 is 2.06 bits per heavy atom. The van der Waals surface area contributed by atoms with Crippen LogP contribution < -0.4 is 5.32 Å². The van der Waals surface area contributed by atoms with E-state index in [4.69, 9.17) is 4.74 Å². The topological polar surface area (TPSA) is 55.4 Å². The molecule has 96 valence electrons. The lowest BCUT2D eigenvalue weighted by molar-refractivity contribution is -0.149. The first-order chi connectivity index (χ1) is 8.75. The molecule has 0 spiro atoms. The van der Waals surface area contributed by atoms with Crippen molar-refractivity contribution in [2.45, 2.75) is 38.3 Å². The molecule has 0 radical (unpaired) electrons. The van der Waals surface area contributed by atoms with E-state index in [2.05, 4.69) is 5.32 Å². The van der Waals surface area contributed by atoms with Crippen molar-refractivity contribution in [3.05, 3.63) is 35.9 Å². The summed E-state index contributed by atoms with van der Waals surface area (Å²) in [5, 5.41) is 2.70. The van der Waals surface area contributed by atoms with Crippen LogP contribution in [0.3, 0.4) is 0 Å². The van der Waals surface area contributed by atoms with Crippen molar-refractivity contribution in [3.63, 3.8) is 0 Å². The van der Waals surface area contributed by atoms with Gasteiger partial charge in [-0.3, -0.25) is 4.79 Å². The Labute approximate surface area is 106 Å². The average Bonchev–Trinajstić information content (AvgIpc) is 2.62. The van der Waals surface area contributed by atoms with Crippen LogP contribution in [0.1, 0.15) is 31.2 Å². The molecule has 1 aromatic rings. The van der Waals surface area contributed by atoms with Gasteiger partial charge in [-0.15, -0.1) is 0 Å². The lowest BCUT2D eigenvalue weighted by Gasteiger charge is -2.14. The summed E-state index contributed by atoms with van der Waals surface area (Å²) >= 11 is 0. The molecule has 1 fully saturated rings. The first-order valence-corrected chi connectivity index (χ1v) is 6.25. The Balaban J connectivity index is 1.85. The minimum atomic E-state index is -0.483. The Kier molecular flexibility index (Phi) is 4.34. The van der Waals surface area contributed by atoms with E-state index in [1.165, 1.54) is 0 Å². The van der Waals surface area contributed by atoms with E-state index in [-0.39, 0.29) is 18.5 Å². The Morgan fingerprint density at radius 3 is 2.83 bits per heavy atom. The third kappa shape index (κ3) is 3.58. The fraction of sp³-hybridized carbons (Fsp3) is 0.429. The molecule has 1 aromatic carbocycles. The van der Waals surface area contributed by atoms with Crippen LogP contribution in [0, 0.1) is 0 Å². The number of benzene rings is 1. The summed E-state index contributed by atoms with van der Waals surface area (Å²) in [4.78, 5) is 23.2. The summed E-state index contributed by atoms with van der Waals surface area (Å²) in [5.41, 5.74) is 0.950. The molecule has 0 bridgehead atoms. The first-order valence-electron chi connectivity index (χ1n) is 6.25. The molecule has 1 amide bonds. The molecule has 1 atom stereocenters. The molecule has 0 saturated carbocycles. The van der Waals surface area contributed by atoms with E-state index in [9.17, 15) is 9.59 Å². The van der Waals surface area contributed by atoms with E-state index in [0.29, 0.717) is 12.8 Å². The number of esters is 1. The van der Waals surface area contributed by atoms with Crippen LogP contribution in [0.15, 0.2) is 30.3 Å². The van der Waals surface area contributed by atoms with Crippen LogP contribution in [0.25, 0.3) is 0 Å². The maximum absolute atomic E-state index is 11.8. The van der Waals surface area contributed by atoms with E-state index in [1.807, 2.05) is 30.3 Å². The van der Waals surface area contributed by atoms with E-state index >= 15 is 0 Å². The molecule has 4 heteroatoms. The maximum atomic E-state index is 11.8. The number of rotatable bonds is 3. The van der Waals surface area contributed by atoms with Gasteiger partial charge in [-0.1, -0.05) is 36.8 Å². The smallest absolute Gasteiger partial charge is 0.328 e. The highest BCUT2D eigenvalue weighted by Gasteiger charge is 2.24. The zero-order valence-electron chi connectivity index (χ0n) is 10.2. The van der Waals surface area contributed by atoms with Gasteiger partial charge in [0.05, 0.1) is 0 Å². The van der Waals surface area contributed by atoms with E-state index in [0.717, 1.165) is 18.4 Å². The highest BCUT2D eigenvalue weighted by atomic mass is 16.5. The van der Waals surface area contributed by atoms with Crippen molar-refractivity contribution < 1.29 is 14.3 Å². The van der Waals surface area contributed by atoms with Gasteiger partial charge in [-0.05, 0) is 18.4 Å². The Morgan fingerprint density at radius 1 is 1.28 bits per heavy atom. The van der Waals surface area contributed by atoms with Gasteiger partial charge in [0.1, 0.15) is 12.6 Å². The van der Waals surface area contributed by atoms with Crippen LogP contribution in [0.5, 0.6) is 0 Å². The number of nitrogens with one attached hydrogen (secondary N) is 1. The van der Waals surface area contributed by atoms with Gasteiger partial charge >= 0.3 is 5.97 Å². The van der Waals surface area contributed by atoms with Crippen LogP contribution in [-0.4, -0.2) is 17.9 Å². The second-order valence-electron chi connectivity index (χ2n) is 4.46. The minimum Gasteiger partial charge on any atom is -0.459 e. The third-order valence-electron chi connectivity index (χ3n) is 2.99. The summed E-state index contributed by atoms with van der Waals surface area (Å²) < 4.78 is 5.22. The van der Waals surface area contributed by atoms with Crippen molar-refractivity contribution >= 4 is 11.9 Å². The maximum Gasteiger partial charge on any atom is 0.328 e. The highest BCUT2D eigenvalue weighted by Crippen LogP contribution is 2.11. The molecule has 1 heterocycles. The molecule has 4 nitrogen and oxygen atoms in total. The van der Waals surface area contributed by atoms with Crippen molar-refractivity contribution in [3.8, 4) is 0 Å². The zero-order valence-corrected chi connectivity index (χ0v) is 10.2.